The summed E-state index contributed by atoms with van der Waals surface area (Å²) in [5.74, 6) is 1.53. The standard InChI is InChI=1S/C10H20N2O/c1-2-3-10(11)12-6-4-9-5-7-13-8-9/h9H,2-8H2,1H3,(H2,11,12). The molecule has 1 aliphatic heterocycles. The Balaban J connectivity index is 2.07. The predicted molar refractivity (Wildman–Crippen MR) is 54.9 cm³/mol. The predicted octanol–water partition coefficient (Wildman–Crippen LogP) is 1.57. The van der Waals surface area contributed by atoms with Gasteiger partial charge in [0.05, 0.1) is 5.84 Å². The van der Waals surface area contributed by atoms with E-state index < -0.39 is 0 Å². The molecule has 1 heterocycles. The van der Waals surface area contributed by atoms with Gasteiger partial charge in [-0.1, -0.05) is 6.92 Å². The van der Waals surface area contributed by atoms with Gasteiger partial charge in [-0.3, -0.25) is 4.99 Å². The second-order valence-electron chi connectivity index (χ2n) is 3.64. The van der Waals surface area contributed by atoms with Crippen LogP contribution in [0.3, 0.4) is 0 Å². The minimum absolute atomic E-state index is 0.721. The van der Waals surface area contributed by atoms with Crippen molar-refractivity contribution in [1.82, 2.24) is 0 Å². The Bertz CT molecular complexity index is 162. The lowest BCUT2D eigenvalue weighted by molar-refractivity contribution is 0.184. The summed E-state index contributed by atoms with van der Waals surface area (Å²) in [6, 6.07) is 0. The molecule has 0 aromatic heterocycles. The molecule has 76 valence electrons. The van der Waals surface area contributed by atoms with Crippen LogP contribution < -0.4 is 5.73 Å². The van der Waals surface area contributed by atoms with Crippen LogP contribution >= 0.6 is 0 Å². The molecule has 3 nitrogen and oxygen atoms in total. The summed E-state index contributed by atoms with van der Waals surface area (Å²) in [7, 11) is 0. The minimum atomic E-state index is 0.721. The van der Waals surface area contributed by atoms with Crippen LogP contribution in [0.2, 0.25) is 0 Å². The van der Waals surface area contributed by atoms with Crippen LogP contribution in [0.1, 0.15) is 32.6 Å². The van der Waals surface area contributed by atoms with Crippen LogP contribution in [0.25, 0.3) is 0 Å². The highest BCUT2D eigenvalue weighted by molar-refractivity contribution is 5.80. The number of rotatable bonds is 5. The van der Waals surface area contributed by atoms with E-state index in [4.69, 9.17) is 10.5 Å². The maximum atomic E-state index is 5.69. The van der Waals surface area contributed by atoms with Gasteiger partial charge in [-0.25, -0.2) is 0 Å². The minimum Gasteiger partial charge on any atom is -0.387 e. The van der Waals surface area contributed by atoms with E-state index >= 15 is 0 Å². The highest BCUT2D eigenvalue weighted by Gasteiger charge is 2.14. The van der Waals surface area contributed by atoms with Gasteiger partial charge >= 0.3 is 0 Å². The first-order valence-electron chi connectivity index (χ1n) is 5.19. The zero-order valence-electron chi connectivity index (χ0n) is 8.46. The number of hydrogen-bond donors (Lipinski definition) is 1. The summed E-state index contributed by atoms with van der Waals surface area (Å²) < 4.78 is 5.28. The molecular weight excluding hydrogens is 164 g/mol. The molecule has 0 spiro atoms. The molecule has 1 fully saturated rings. The molecule has 1 saturated heterocycles. The number of amidine groups is 1. The molecule has 0 aromatic carbocycles. The Morgan fingerprint density at radius 3 is 3.08 bits per heavy atom. The van der Waals surface area contributed by atoms with Gasteiger partial charge in [0.15, 0.2) is 0 Å². The Morgan fingerprint density at radius 2 is 2.46 bits per heavy atom. The van der Waals surface area contributed by atoms with E-state index in [-0.39, 0.29) is 0 Å². The van der Waals surface area contributed by atoms with Crippen molar-refractivity contribution in [1.29, 1.82) is 0 Å². The largest absolute Gasteiger partial charge is 0.387 e. The van der Waals surface area contributed by atoms with Crippen LogP contribution in [0, 0.1) is 5.92 Å². The summed E-state index contributed by atoms with van der Waals surface area (Å²) in [6.45, 7) is 4.84. The summed E-state index contributed by atoms with van der Waals surface area (Å²) >= 11 is 0. The topological polar surface area (TPSA) is 47.6 Å². The fourth-order valence-corrected chi connectivity index (χ4v) is 1.54. The summed E-state index contributed by atoms with van der Waals surface area (Å²) in [6.07, 6.45) is 4.34. The van der Waals surface area contributed by atoms with Gasteiger partial charge < -0.3 is 10.5 Å². The first kappa shape index (κ1) is 10.5. The SMILES string of the molecule is CCCC(N)=NCCC1CCOC1. The van der Waals surface area contributed by atoms with E-state index in [0.29, 0.717) is 0 Å². The van der Waals surface area contributed by atoms with Gasteiger partial charge in [0.25, 0.3) is 0 Å². The fraction of sp³-hybridized carbons (Fsp3) is 0.900. The zero-order chi connectivity index (χ0) is 9.52. The number of aliphatic imine (C=N–C) groups is 1. The average molecular weight is 184 g/mol. The Morgan fingerprint density at radius 1 is 1.62 bits per heavy atom. The molecule has 0 amide bonds. The van der Waals surface area contributed by atoms with E-state index in [1.54, 1.807) is 0 Å². The Hall–Kier alpha value is -0.570. The van der Waals surface area contributed by atoms with E-state index in [2.05, 4.69) is 11.9 Å². The molecule has 1 aliphatic rings. The van der Waals surface area contributed by atoms with Gasteiger partial charge in [0.1, 0.15) is 0 Å². The van der Waals surface area contributed by atoms with E-state index in [1.165, 1.54) is 6.42 Å². The normalized spacial score (nSPS) is 23.8. The molecule has 1 rings (SSSR count). The molecule has 2 N–H and O–H groups in total. The molecule has 0 bridgehead atoms. The van der Waals surface area contributed by atoms with Crippen molar-refractivity contribution in [3.8, 4) is 0 Å². The lowest BCUT2D eigenvalue weighted by atomic mass is 10.1. The fourth-order valence-electron chi connectivity index (χ4n) is 1.54. The second kappa shape index (κ2) is 5.97. The Kier molecular flexibility index (Phi) is 4.83. The quantitative estimate of drug-likeness (QED) is 0.521. The zero-order valence-corrected chi connectivity index (χ0v) is 8.46. The molecule has 0 radical (unpaired) electrons. The van der Waals surface area contributed by atoms with Crippen molar-refractivity contribution in [2.45, 2.75) is 32.6 Å². The van der Waals surface area contributed by atoms with E-state index in [1.807, 2.05) is 0 Å². The van der Waals surface area contributed by atoms with Gasteiger partial charge in [-0.05, 0) is 25.2 Å². The number of nitrogens with two attached hydrogens (primary N) is 1. The smallest absolute Gasteiger partial charge is 0.0936 e. The number of ether oxygens (including phenoxy) is 1. The van der Waals surface area contributed by atoms with Crippen LogP contribution in [0.15, 0.2) is 4.99 Å². The Labute approximate surface area is 80.4 Å². The lowest BCUT2D eigenvalue weighted by Gasteiger charge is -2.04. The average Bonchev–Trinajstić information content (AvgIpc) is 2.57. The van der Waals surface area contributed by atoms with Gasteiger partial charge in [-0.15, -0.1) is 0 Å². The molecule has 3 heteroatoms. The summed E-state index contributed by atoms with van der Waals surface area (Å²) in [5, 5.41) is 0. The third kappa shape index (κ3) is 4.27. The van der Waals surface area contributed by atoms with Crippen LogP contribution in [0.4, 0.5) is 0 Å². The van der Waals surface area contributed by atoms with Crippen LogP contribution in [-0.2, 0) is 4.74 Å². The maximum Gasteiger partial charge on any atom is 0.0936 e. The molecule has 13 heavy (non-hydrogen) atoms. The van der Waals surface area contributed by atoms with Gasteiger partial charge in [0.2, 0.25) is 0 Å². The summed E-state index contributed by atoms with van der Waals surface area (Å²) in [4.78, 5) is 4.32. The molecule has 0 aliphatic carbocycles. The molecule has 0 aromatic rings. The van der Waals surface area contributed by atoms with Crippen molar-refractivity contribution < 1.29 is 4.74 Å². The van der Waals surface area contributed by atoms with Crippen molar-refractivity contribution in [2.24, 2.45) is 16.6 Å². The molecule has 1 atom stereocenters. The highest BCUT2D eigenvalue weighted by atomic mass is 16.5. The molecular formula is C10H20N2O. The first-order valence-corrected chi connectivity index (χ1v) is 5.19. The number of nitrogens with zero attached hydrogens (tertiary/aromatic N) is 1. The molecule has 1 unspecified atom stereocenters. The maximum absolute atomic E-state index is 5.69. The third-order valence-electron chi connectivity index (χ3n) is 2.38. The van der Waals surface area contributed by atoms with E-state index in [9.17, 15) is 0 Å². The lowest BCUT2D eigenvalue weighted by Crippen LogP contribution is -2.12. The molecule has 0 saturated carbocycles. The van der Waals surface area contributed by atoms with Crippen LogP contribution in [0.5, 0.6) is 0 Å². The first-order chi connectivity index (χ1) is 6.33. The highest BCUT2D eigenvalue weighted by Crippen LogP contribution is 2.15. The van der Waals surface area contributed by atoms with Gasteiger partial charge in [-0.2, -0.15) is 0 Å². The monoisotopic (exact) mass is 184 g/mol. The summed E-state index contributed by atoms with van der Waals surface area (Å²) in [5.41, 5.74) is 5.69. The third-order valence-corrected chi connectivity index (χ3v) is 2.38. The number of hydrogen-bond acceptors (Lipinski definition) is 2. The van der Waals surface area contributed by atoms with Crippen LogP contribution in [-0.4, -0.2) is 25.6 Å². The second-order valence-corrected chi connectivity index (χ2v) is 3.64. The van der Waals surface area contributed by atoms with Crippen molar-refractivity contribution in [3.05, 3.63) is 0 Å². The van der Waals surface area contributed by atoms with Crippen molar-refractivity contribution >= 4 is 5.84 Å². The van der Waals surface area contributed by atoms with Crippen molar-refractivity contribution in [3.63, 3.8) is 0 Å². The van der Waals surface area contributed by atoms with Gasteiger partial charge in [0, 0.05) is 26.2 Å². The van der Waals surface area contributed by atoms with Crippen molar-refractivity contribution in [2.75, 3.05) is 19.8 Å². The van der Waals surface area contributed by atoms with E-state index in [0.717, 1.165) is 50.8 Å².